The van der Waals surface area contributed by atoms with E-state index in [-0.39, 0.29) is 0 Å². The summed E-state index contributed by atoms with van der Waals surface area (Å²) in [5.74, 6) is 1.28. The van der Waals surface area contributed by atoms with Crippen molar-refractivity contribution in [3.05, 3.63) is 54.0 Å². The van der Waals surface area contributed by atoms with Gasteiger partial charge in [-0.15, -0.1) is 0 Å². The van der Waals surface area contributed by atoms with Gasteiger partial charge < -0.3 is 10.1 Å². The Hall–Kier alpha value is -1.98. The summed E-state index contributed by atoms with van der Waals surface area (Å²) in [7, 11) is 1.64. The molecule has 1 aliphatic rings. The average molecular weight is 326 g/mol. The molecule has 3 heterocycles. The van der Waals surface area contributed by atoms with E-state index in [0.29, 0.717) is 17.8 Å². The maximum absolute atomic E-state index is 5.10. The Kier molecular flexibility index (Phi) is 5.77. The monoisotopic (exact) mass is 326 g/mol. The second-order valence-electron chi connectivity index (χ2n) is 6.52. The summed E-state index contributed by atoms with van der Waals surface area (Å²) < 4.78 is 5.10. The van der Waals surface area contributed by atoms with Crippen LogP contribution in [0.1, 0.15) is 24.6 Å². The van der Waals surface area contributed by atoms with Gasteiger partial charge in [0.25, 0.3) is 0 Å². The van der Waals surface area contributed by atoms with E-state index in [9.17, 15) is 0 Å². The molecule has 2 aromatic heterocycles. The topological polar surface area (TPSA) is 50.3 Å². The Morgan fingerprint density at radius 3 is 2.83 bits per heavy atom. The fraction of sp³-hybridized carbons (Fsp3) is 0.474. The Labute approximate surface area is 144 Å². The highest BCUT2D eigenvalue weighted by Crippen LogP contribution is 2.19. The fourth-order valence-corrected chi connectivity index (χ4v) is 3.28. The van der Waals surface area contributed by atoms with E-state index >= 15 is 0 Å². The van der Waals surface area contributed by atoms with Gasteiger partial charge in [-0.2, -0.15) is 0 Å². The van der Waals surface area contributed by atoms with Crippen molar-refractivity contribution in [3.63, 3.8) is 0 Å². The summed E-state index contributed by atoms with van der Waals surface area (Å²) in [4.78, 5) is 11.2. The van der Waals surface area contributed by atoms with Gasteiger partial charge in [-0.3, -0.25) is 9.88 Å². The number of nitrogens with zero attached hydrogens (tertiary/aromatic N) is 3. The third-order valence-corrected chi connectivity index (χ3v) is 4.68. The molecule has 2 unspecified atom stereocenters. The molecule has 2 aromatic rings. The van der Waals surface area contributed by atoms with E-state index in [1.807, 2.05) is 24.5 Å². The predicted molar refractivity (Wildman–Crippen MR) is 94.7 cm³/mol. The van der Waals surface area contributed by atoms with Crippen LogP contribution in [-0.4, -0.2) is 41.1 Å². The molecule has 1 N–H and O–H groups in total. The van der Waals surface area contributed by atoms with Gasteiger partial charge in [0.1, 0.15) is 0 Å². The average Bonchev–Trinajstić information content (AvgIpc) is 2.62. The summed E-state index contributed by atoms with van der Waals surface area (Å²) in [6, 6.07) is 10.7. The van der Waals surface area contributed by atoms with E-state index in [2.05, 4.69) is 45.3 Å². The molecule has 1 aliphatic heterocycles. The number of ether oxygens (including phenoxy) is 1. The quantitative estimate of drug-likeness (QED) is 0.884. The SMILES string of the molecule is COc1ccc(CNC2CCN(Cc3ccccn3)CC2C)cn1. The van der Waals surface area contributed by atoms with Crippen molar-refractivity contribution in [3.8, 4) is 5.88 Å². The summed E-state index contributed by atoms with van der Waals surface area (Å²) in [5.41, 5.74) is 2.35. The molecule has 2 atom stereocenters. The molecule has 128 valence electrons. The predicted octanol–water partition coefficient (Wildman–Crippen LogP) is 2.49. The number of hydrogen-bond acceptors (Lipinski definition) is 5. The molecule has 3 rings (SSSR count). The van der Waals surface area contributed by atoms with Crippen molar-refractivity contribution in [1.29, 1.82) is 0 Å². The number of likely N-dealkylation sites (tertiary alicyclic amines) is 1. The summed E-state index contributed by atoms with van der Waals surface area (Å²) in [6.45, 7) is 6.34. The molecular formula is C19H26N4O. The Morgan fingerprint density at radius 2 is 2.17 bits per heavy atom. The van der Waals surface area contributed by atoms with Crippen molar-refractivity contribution < 1.29 is 4.74 Å². The highest BCUT2D eigenvalue weighted by molar-refractivity contribution is 5.17. The van der Waals surface area contributed by atoms with Gasteiger partial charge in [-0.1, -0.05) is 19.1 Å². The molecule has 5 nitrogen and oxygen atoms in total. The number of hydrogen-bond donors (Lipinski definition) is 1. The molecule has 0 saturated carbocycles. The highest BCUT2D eigenvalue weighted by Gasteiger charge is 2.25. The van der Waals surface area contributed by atoms with E-state index in [0.717, 1.165) is 38.3 Å². The second-order valence-corrected chi connectivity index (χ2v) is 6.52. The van der Waals surface area contributed by atoms with E-state index < -0.39 is 0 Å². The zero-order chi connectivity index (χ0) is 16.8. The van der Waals surface area contributed by atoms with Crippen molar-refractivity contribution in [2.75, 3.05) is 20.2 Å². The standard InChI is InChI=1S/C19H26N4O/c1-15-13-23(14-17-5-3-4-9-20-17)10-8-18(15)21-11-16-6-7-19(24-2)22-12-16/h3-7,9,12,15,18,21H,8,10-11,13-14H2,1-2H3. The molecular weight excluding hydrogens is 300 g/mol. The molecule has 0 spiro atoms. The van der Waals surface area contributed by atoms with Crippen LogP contribution in [0.25, 0.3) is 0 Å². The molecule has 0 aromatic carbocycles. The first-order valence-corrected chi connectivity index (χ1v) is 8.59. The maximum Gasteiger partial charge on any atom is 0.212 e. The molecule has 0 radical (unpaired) electrons. The van der Waals surface area contributed by atoms with Gasteiger partial charge in [0.05, 0.1) is 12.8 Å². The van der Waals surface area contributed by atoms with Crippen LogP contribution >= 0.6 is 0 Å². The van der Waals surface area contributed by atoms with Crippen LogP contribution in [0.5, 0.6) is 5.88 Å². The van der Waals surface area contributed by atoms with Crippen LogP contribution in [0, 0.1) is 5.92 Å². The summed E-state index contributed by atoms with van der Waals surface area (Å²) in [5, 5.41) is 3.69. The highest BCUT2D eigenvalue weighted by atomic mass is 16.5. The van der Waals surface area contributed by atoms with E-state index in [4.69, 9.17) is 4.74 Å². The van der Waals surface area contributed by atoms with Crippen molar-refractivity contribution in [2.24, 2.45) is 5.92 Å². The number of pyridine rings is 2. The minimum atomic E-state index is 0.548. The molecule has 1 saturated heterocycles. The van der Waals surface area contributed by atoms with Crippen LogP contribution in [0.15, 0.2) is 42.7 Å². The molecule has 1 fully saturated rings. The molecule has 0 amide bonds. The smallest absolute Gasteiger partial charge is 0.212 e. The van der Waals surface area contributed by atoms with Crippen LogP contribution in [0.3, 0.4) is 0 Å². The minimum Gasteiger partial charge on any atom is -0.481 e. The lowest BCUT2D eigenvalue weighted by Gasteiger charge is -2.37. The lowest BCUT2D eigenvalue weighted by molar-refractivity contribution is 0.139. The van der Waals surface area contributed by atoms with Crippen LogP contribution in [0.4, 0.5) is 0 Å². The summed E-state index contributed by atoms with van der Waals surface area (Å²) >= 11 is 0. The first-order valence-electron chi connectivity index (χ1n) is 8.59. The number of nitrogens with one attached hydrogen (secondary N) is 1. The zero-order valence-corrected chi connectivity index (χ0v) is 14.5. The third kappa shape index (κ3) is 4.52. The maximum atomic E-state index is 5.10. The largest absolute Gasteiger partial charge is 0.481 e. The van der Waals surface area contributed by atoms with E-state index in [1.165, 1.54) is 5.56 Å². The van der Waals surface area contributed by atoms with Crippen molar-refractivity contribution in [1.82, 2.24) is 20.2 Å². The summed E-state index contributed by atoms with van der Waals surface area (Å²) in [6.07, 6.45) is 4.92. The third-order valence-electron chi connectivity index (χ3n) is 4.68. The van der Waals surface area contributed by atoms with Gasteiger partial charge in [-0.05, 0) is 30.0 Å². The first kappa shape index (κ1) is 16.9. The first-order chi connectivity index (χ1) is 11.7. The van der Waals surface area contributed by atoms with Crippen molar-refractivity contribution >= 4 is 0 Å². The Balaban J connectivity index is 1.46. The number of rotatable bonds is 6. The molecule has 24 heavy (non-hydrogen) atoms. The molecule has 0 aliphatic carbocycles. The van der Waals surface area contributed by atoms with Gasteiger partial charge >= 0.3 is 0 Å². The van der Waals surface area contributed by atoms with Gasteiger partial charge in [-0.25, -0.2) is 4.98 Å². The van der Waals surface area contributed by atoms with Crippen LogP contribution < -0.4 is 10.1 Å². The van der Waals surface area contributed by atoms with Crippen LogP contribution in [-0.2, 0) is 13.1 Å². The lowest BCUT2D eigenvalue weighted by Crippen LogP contribution is -2.47. The van der Waals surface area contributed by atoms with Gasteiger partial charge in [0, 0.05) is 50.7 Å². The fourth-order valence-electron chi connectivity index (χ4n) is 3.28. The second kappa shape index (κ2) is 8.22. The number of piperidine rings is 1. The Morgan fingerprint density at radius 1 is 1.25 bits per heavy atom. The van der Waals surface area contributed by atoms with Gasteiger partial charge in [0.15, 0.2) is 0 Å². The Bertz CT molecular complexity index is 617. The molecule has 0 bridgehead atoms. The molecule has 5 heteroatoms. The van der Waals surface area contributed by atoms with Crippen LogP contribution in [0.2, 0.25) is 0 Å². The zero-order valence-electron chi connectivity index (χ0n) is 14.5. The number of methoxy groups -OCH3 is 1. The van der Waals surface area contributed by atoms with Crippen molar-refractivity contribution in [2.45, 2.75) is 32.5 Å². The van der Waals surface area contributed by atoms with Gasteiger partial charge in [0.2, 0.25) is 5.88 Å². The van der Waals surface area contributed by atoms with E-state index in [1.54, 1.807) is 7.11 Å². The number of aromatic nitrogens is 2. The normalized spacial score (nSPS) is 21.6. The lowest BCUT2D eigenvalue weighted by atomic mass is 9.93. The minimum absolute atomic E-state index is 0.548.